The molecular formula is C21H24F6N4OS. The highest BCUT2D eigenvalue weighted by Gasteiger charge is 2.58. The Morgan fingerprint density at radius 3 is 1.73 bits per heavy atom. The van der Waals surface area contributed by atoms with Crippen LogP contribution in [0, 0.1) is 46.3 Å². The van der Waals surface area contributed by atoms with E-state index in [1.165, 1.54) is 18.7 Å². The van der Waals surface area contributed by atoms with Crippen molar-refractivity contribution in [1.29, 1.82) is 10.5 Å². The van der Waals surface area contributed by atoms with E-state index in [0.29, 0.717) is 0 Å². The molecule has 182 valence electrons. The highest BCUT2D eigenvalue weighted by atomic mass is 32.1. The van der Waals surface area contributed by atoms with Crippen LogP contribution in [-0.2, 0) is 4.79 Å². The van der Waals surface area contributed by atoms with Gasteiger partial charge in [-0.2, -0.15) is 36.9 Å². The van der Waals surface area contributed by atoms with Crippen LogP contribution in [0.15, 0.2) is 0 Å². The molecule has 12 heteroatoms. The van der Waals surface area contributed by atoms with Gasteiger partial charge in [-0.25, -0.2) is 0 Å². The SMILES string of the molecule is CC1(C)C(=O)N(C2CCC(C#N)C(C(F)(F)F)C2)C(=S)N1C1CCC(C#N)C(C(F)(F)F)C1. The first kappa shape index (κ1) is 25.5. The Kier molecular flexibility index (Phi) is 6.66. The Hall–Kier alpha value is -2.08. The standard InChI is InChI=1S/C21H24F6N4OS/c1-19(2)17(32)30(13-5-3-11(9-28)15(7-13)20(22,23)24)18(33)31(19)14-6-4-12(10-29)16(8-14)21(25,26)27/h11-16H,3-8H2,1-2H3. The van der Waals surface area contributed by atoms with Crippen molar-refractivity contribution < 1.29 is 31.1 Å². The van der Waals surface area contributed by atoms with Crippen LogP contribution in [0.2, 0.25) is 0 Å². The number of nitriles is 2. The third kappa shape index (κ3) is 4.51. The molecule has 0 aromatic heterocycles. The summed E-state index contributed by atoms with van der Waals surface area (Å²) >= 11 is 5.47. The van der Waals surface area contributed by atoms with Crippen LogP contribution in [0.25, 0.3) is 0 Å². The van der Waals surface area contributed by atoms with Gasteiger partial charge in [0.05, 0.1) is 35.8 Å². The van der Waals surface area contributed by atoms with Crippen molar-refractivity contribution in [2.45, 2.75) is 82.3 Å². The second-order valence-electron chi connectivity index (χ2n) is 9.59. The molecule has 1 amide bonds. The summed E-state index contributed by atoms with van der Waals surface area (Å²) in [6.45, 7) is 3.01. The molecule has 5 nitrogen and oxygen atoms in total. The summed E-state index contributed by atoms with van der Waals surface area (Å²) in [6, 6.07) is 1.76. The van der Waals surface area contributed by atoms with Crippen LogP contribution in [0.1, 0.15) is 52.4 Å². The quantitative estimate of drug-likeness (QED) is 0.402. The average Bonchev–Trinajstić information content (AvgIpc) is 2.89. The molecule has 1 aliphatic heterocycles. The lowest BCUT2D eigenvalue weighted by Gasteiger charge is -2.43. The fourth-order valence-electron chi connectivity index (χ4n) is 5.57. The van der Waals surface area contributed by atoms with E-state index >= 15 is 0 Å². The van der Waals surface area contributed by atoms with Gasteiger partial charge < -0.3 is 4.90 Å². The van der Waals surface area contributed by atoms with Gasteiger partial charge in [-0.1, -0.05) is 0 Å². The van der Waals surface area contributed by atoms with Crippen molar-refractivity contribution in [3.05, 3.63) is 0 Å². The Labute approximate surface area is 193 Å². The molecule has 2 saturated carbocycles. The maximum Gasteiger partial charge on any atom is 0.393 e. The van der Waals surface area contributed by atoms with Gasteiger partial charge in [-0.05, 0) is 64.6 Å². The van der Waals surface area contributed by atoms with Gasteiger partial charge in [0.2, 0.25) is 0 Å². The number of thiocarbonyl (C=S) groups is 1. The number of carbonyl (C=O) groups is 1. The number of carbonyl (C=O) groups excluding carboxylic acids is 1. The highest BCUT2D eigenvalue weighted by molar-refractivity contribution is 7.80. The zero-order valence-corrected chi connectivity index (χ0v) is 18.9. The van der Waals surface area contributed by atoms with Gasteiger partial charge in [0.15, 0.2) is 5.11 Å². The molecule has 6 atom stereocenters. The van der Waals surface area contributed by atoms with E-state index in [-0.39, 0.29) is 30.8 Å². The first-order valence-corrected chi connectivity index (χ1v) is 11.1. The minimum Gasteiger partial charge on any atom is -0.332 e. The third-order valence-electron chi connectivity index (χ3n) is 7.30. The Balaban J connectivity index is 1.88. The molecule has 1 heterocycles. The number of halogens is 6. The lowest BCUT2D eigenvalue weighted by atomic mass is 9.76. The van der Waals surface area contributed by atoms with Gasteiger partial charge in [0.25, 0.3) is 5.91 Å². The molecule has 1 saturated heterocycles. The topological polar surface area (TPSA) is 71.1 Å². The van der Waals surface area contributed by atoms with Crippen molar-refractivity contribution in [2.75, 3.05) is 0 Å². The summed E-state index contributed by atoms with van der Waals surface area (Å²) in [5, 5.41) is 18.2. The van der Waals surface area contributed by atoms with E-state index in [1.54, 1.807) is 12.1 Å². The van der Waals surface area contributed by atoms with E-state index in [4.69, 9.17) is 22.7 Å². The minimum atomic E-state index is -4.62. The Morgan fingerprint density at radius 1 is 0.879 bits per heavy atom. The highest BCUT2D eigenvalue weighted by Crippen LogP contribution is 2.48. The molecule has 3 aliphatic rings. The summed E-state index contributed by atoms with van der Waals surface area (Å²) in [6.07, 6.45) is -9.82. The van der Waals surface area contributed by atoms with Gasteiger partial charge in [0, 0.05) is 12.1 Å². The predicted octanol–water partition coefficient (Wildman–Crippen LogP) is 4.94. The third-order valence-corrected chi connectivity index (χ3v) is 7.70. The number of amides is 1. The van der Waals surface area contributed by atoms with Gasteiger partial charge >= 0.3 is 12.4 Å². The van der Waals surface area contributed by atoms with Crippen molar-refractivity contribution in [3.8, 4) is 12.1 Å². The van der Waals surface area contributed by atoms with Crippen LogP contribution in [0.5, 0.6) is 0 Å². The average molecular weight is 495 g/mol. The number of hydrogen-bond donors (Lipinski definition) is 0. The van der Waals surface area contributed by atoms with Crippen molar-refractivity contribution in [1.82, 2.24) is 9.80 Å². The van der Waals surface area contributed by atoms with Crippen LogP contribution in [0.4, 0.5) is 26.3 Å². The molecule has 0 aromatic rings. The fraction of sp³-hybridized carbons (Fsp3) is 0.810. The van der Waals surface area contributed by atoms with E-state index in [0.717, 1.165) is 4.90 Å². The summed E-state index contributed by atoms with van der Waals surface area (Å²) in [5.41, 5.74) is -1.34. The van der Waals surface area contributed by atoms with Crippen molar-refractivity contribution >= 4 is 23.2 Å². The van der Waals surface area contributed by atoms with Gasteiger partial charge in [0.1, 0.15) is 5.54 Å². The Morgan fingerprint density at radius 2 is 1.30 bits per heavy atom. The summed E-state index contributed by atoms with van der Waals surface area (Å²) in [4.78, 5) is 15.8. The molecule has 0 spiro atoms. The molecule has 2 aliphatic carbocycles. The molecule has 0 bridgehead atoms. The zero-order chi connectivity index (χ0) is 24.9. The maximum atomic E-state index is 13.6. The monoisotopic (exact) mass is 494 g/mol. The van der Waals surface area contributed by atoms with E-state index in [2.05, 4.69) is 0 Å². The number of hydrogen-bond acceptors (Lipinski definition) is 4. The lowest BCUT2D eigenvalue weighted by molar-refractivity contribution is -0.195. The van der Waals surface area contributed by atoms with Crippen LogP contribution < -0.4 is 0 Å². The van der Waals surface area contributed by atoms with E-state index in [9.17, 15) is 31.1 Å². The van der Waals surface area contributed by atoms with Crippen LogP contribution in [0.3, 0.4) is 0 Å². The minimum absolute atomic E-state index is 0.0157. The van der Waals surface area contributed by atoms with Crippen molar-refractivity contribution in [3.63, 3.8) is 0 Å². The molecule has 0 aromatic carbocycles. The summed E-state index contributed by atoms with van der Waals surface area (Å²) < 4.78 is 81.4. The maximum absolute atomic E-state index is 13.6. The first-order chi connectivity index (χ1) is 15.1. The van der Waals surface area contributed by atoms with Crippen molar-refractivity contribution in [2.24, 2.45) is 23.7 Å². The van der Waals surface area contributed by atoms with Crippen LogP contribution in [-0.4, -0.2) is 50.8 Å². The molecule has 33 heavy (non-hydrogen) atoms. The number of rotatable bonds is 2. The van der Waals surface area contributed by atoms with Gasteiger partial charge in [-0.15, -0.1) is 0 Å². The number of nitrogens with zero attached hydrogens (tertiary/aromatic N) is 4. The summed E-state index contributed by atoms with van der Waals surface area (Å²) in [7, 11) is 0. The predicted molar refractivity (Wildman–Crippen MR) is 108 cm³/mol. The van der Waals surface area contributed by atoms with E-state index < -0.39 is 72.4 Å². The smallest absolute Gasteiger partial charge is 0.332 e. The van der Waals surface area contributed by atoms with Gasteiger partial charge in [-0.3, -0.25) is 9.69 Å². The van der Waals surface area contributed by atoms with Crippen LogP contribution >= 0.6 is 12.2 Å². The fourth-order valence-corrected chi connectivity index (χ4v) is 6.18. The molecule has 0 radical (unpaired) electrons. The number of alkyl halides is 6. The molecule has 3 rings (SSSR count). The first-order valence-electron chi connectivity index (χ1n) is 10.7. The molecule has 3 fully saturated rings. The van der Waals surface area contributed by atoms with E-state index in [1.807, 2.05) is 0 Å². The second-order valence-corrected chi connectivity index (χ2v) is 9.95. The summed E-state index contributed by atoms with van der Waals surface area (Å²) in [5.74, 6) is -6.74. The Bertz CT molecular complexity index is 889. The molecule has 6 unspecified atom stereocenters. The normalized spacial score (nSPS) is 35.3. The largest absolute Gasteiger partial charge is 0.393 e. The zero-order valence-electron chi connectivity index (χ0n) is 18.1. The molecular weight excluding hydrogens is 470 g/mol. The second kappa shape index (κ2) is 8.61. The molecule has 0 N–H and O–H groups in total. The lowest BCUT2D eigenvalue weighted by Crippen LogP contribution is -2.53.